The fourth-order valence-corrected chi connectivity index (χ4v) is 4.75. The number of rotatable bonds is 5. The van der Waals surface area contributed by atoms with Crippen molar-refractivity contribution in [3.63, 3.8) is 0 Å². The van der Waals surface area contributed by atoms with Gasteiger partial charge in [0.2, 0.25) is 0 Å². The summed E-state index contributed by atoms with van der Waals surface area (Å²) in [5, 5.41) is 10.5. The number of carbonyl (C=O) groups excluding carboxylic acids is 1. The summed E-state index contributed by atoms with van der Waals surface area (Å²) in [6.45, 7) is 7.72. The Labute approximate surface area is 225 Å². The maximum Gasteiger partial charge on any atom is 0.416 e. The van der Waals surface area contributed by atoms with E-state index in [4.69, 9.17) is 4.74 Å². The van der Waals surface area contributed by atoms with Crippen molar-refractivity contribution < 1.29 is 45.4 Å². The molecule has 2 atom stereocenters. The summed E-state index contributed by atoms with van der Waals surface area (Å²) in [6.07, 6.45) is -11.5. The van der Waals surface area contributed by atoms with E-state index in [-0.39, 0.29) is 33.4 Å². The van der Waals surface area contributed by atoms with E-state index in [9.17, 15) is 40.6 Å². The number of halogens is 7. The summed E-state index contributed by atoms with van der Waals surface area (Å²) < 4.78 is 101. The van der Waals surface area contributed by atoms with Gasteiger partial charge in [0.15, 0.2) is 0 Å². The molecule has 1 N–H and O–H groups in total. The number of ether oxygens (including phenoxy) is 1. The minimum absolute atomic E-state index is 0.00777. The van der Waals surface area contributed by atoms with Crippen molar-refractivity contribution in [2.45, 2.75) is 51.8 Å². The average molecular weight is 568 g/mol. The van der Waals surface area contributed by atoms with E-state index < -0.39 is 59.8 Å². The van der Waals surface area contributed by atoms with Gasteiger partial charge in [-0.3, -0.25) is 4.90 Å². The van der Waals surface area contributed by atoms with Gasteiger partial charge in [0.1, 0.15) is 17.7 Å². The highest BCUT2D eigenvalue weighted by Gasteiger charge is 2.42. The molecule has 0 saturated carbocycles. The minimum atomic E-state index is -4.74. The van der Waals surface area contributed by atoms with Crippen LogP contribution in [0.15, 0.2) is 55.1 Å². The number of phenolic OH excluding ortho intramolecular Hbond substituents is 1. The van der Waals surface area contributed by atoms with Gasteiger partial charge in [-0.05, 0) is 73.4 Å². The normalized spacial score (nSPS) is 17.8. The topological polar surface area (TPSA) is 49.8 Å². The van der Waals surface area contributed by atoms with Crippen LogP contribution in [-0.2, 0) is 23.6 Å². The molecule has 1 aliphatic rings. The molecule has 11 heteroatoms. The standard InChI is InChI=1S/C29H24F7NO3/c1-14(2)22-11-23(25(38)12-24(22)30)21-6-5-19(28(31,32)33)10-18(21)13-37-16(4)26(40-27(37)39)17-7-15(3)8-20(9-17)29(34,35)36/h5-12,16,26,38H,1,13H2,2-4H3/t16-,26-/m0/s1. The average Bonchev–Trinajstić information content (AvgIpc) is 3.11. The van der Waals surface area contributed by atoms with E-state index in [1.807, 2.05) is 0 Å². The Kier molecular flexibility index (Phi) is 7.38. The molecule has 1 amide bonds. The predicted octanol–water partition coefficient (Wildman–Crippen LogP) is 8.66. The number of hydrogen-bond acceptors (Lipinski definition) is 3. The first kappa shape index (κ1) is 29.0. The summed E-state index contributed by atoms with van der Waals surface area (Å²) in [7, 11) is 0. The van der Waals surface area contributed by atoms with Crippen molar-refractivity contribution in [3.05, 3.63) is 94.3 Å². The second-order valence-electron chi connectivity index (χ2n) is 9.80. The summed E-state index contributed by atoms with van der Waals surface area (Å²) in [4.78, 5) is 14.0. The first-order valence-electron chi connectivity index (χ1n) is 12.0. The minimum Gasteiger partial charge on any atom is -0.507 e. The molecular formula is C29H24F7NO3. The van der Waals surface area contributed by atoms with Crippen LogP contribution in [-0.4, -0.2) is 22.1 Å². The van der Waals surface area contributed by atoms with E-state index in [0.717, 1.165) is 41.3 Å². The lowest BCUT2D eigenvalue weighted by molar-refractivity contribution is -0.138. The molecule has 1 fully saturated rings. The third-order valence-electron chi connectivity index (χ3n) is 6.76. The Balaban J connectivity index is 1.78. The zero-order chi connectivity index (χ0) is 29.7. The number of amides is 1. The Morgan fingerprint density at radius 2 is 1.62 bits per heavy atom. The van der Waals surface area contributed by atoms with Gasteiger partial charge in [0.25, 0.3) is 0 Å². The summed E-state index contributed by atoms with van der Waals surface area (Å²) in [5.41, 5.74) is -1.19. The Morgan fingerprint density at radius 3 is 2.23 bits per heavy atom. The third kappa shape index (κ3) is 5.64. The van der Waals surface area contributed by atoms with Gasteiger partial charge in [0, 0.05) is 17.2 Å². The quantitative estimate of drug-likeness (QED) is 0.314. The van der Waals surface area contributed by atoms with Crippen LogP contribution in [0.3, 0.4) is 0 Å². The van der Waals surface area contributed by atoms with Crippen molar-refractivity contribution in [2.75, 3.05) is 0 Å². The van der Waals surface area contributed by atoms with Crippen LogP contribution in [0.5, 0.6) is 5.75 Å². The molecule has 1 saturated heterocycles. The molecule has 212 valence electrons. The van der Waals surface area contributed by atoms with Crippen molar-refractivity contribution in [1.82, 2.24) is 4.90 Å². The first-order chi connectivity index (χ1) is 18.5. The number of benzene rings is 3. The number of phenols is 1. The van der Waals surface area contributed by atoms with Gasteiger partial charge >= 0.3 is 18.4 Å². The summed E-state index contributed by atoms with van der Waals surface area (Å²) >= 11 is 0. The fraction of sp³-hybridized carbons (Fsp3) is 0.276. The first-order valence-corrected chi connectivity index (χ1v) is 12.0. The maximum atomic E-state index is 14.4. The number of aromatic hydroxyl groups is 1. The lowest BCUT2D eigenvalue weighted by Gasteiger charge is -2.24. The Morgan fingerprint density at radius 1 is 0.975 bits per heavy atom. The molecule has 1 aliphatic heterocycles. The molecule has 0 unspecified atom stereocenters. The van der Waals surface area contributed by atoms with Gasteiger partial charge in [-0.25, -0.2) is 9.18 Å². The molecule has 0 spiro atoms. The Bertz CT molecular complexity index is 1490. The number of hydrogen-bond donors (Lipinski definition) is 1. The molecule has 3 aromatic rings. The molecule has 0 radical (unpaired) electrons. The highest BCUT2D eigenvalue weighted by Crippen LogP contribution is 2.42. The lowest BCUT2D eigenvalue weighted by Crippen LogP contribution is -2.31. The van der Waals surface area contributed by atoms with Crippen LogP contribution >= 0.6 is 0 Å². The van der Waals surface area contributed by atoms with Crippen molar-refractivity contribution in [2.24, 2.45) is 0 Å². The monoisotopic (exact) mass is 567 g/mol. The van der Waals surface area contributed by atoms with Crippen LogP contribution in [0, 0.1) is 12.7 Å². The van der Waals surface area contributed by atoms with E-state index in [1.54, 1.807) is 0 Å². The molecule has 4 nitrogen and oxygen atoms in total. The van der Waals surface area contributed by atoms with Crippen LogP contribution in [0.25, 0.3) is 16.7 Å². The fourth-order valence-electron chi connectivity index (χ4n) is 4.75. The van der Waals surface area contributed by atoms with Gasteiger partial charge < -0.3 is 9.84 Å². The lowest BCUT2D eigenvalue weighted by atomic mass is 9.93. The van der Waals surface area contributed by atoms with Crippen LogP contribution < -0.4 is 0 Å². The van der Waals surface area contributed by atoms with E-state index >= 15 is 0 Å². The molecule has 0 aliphatic carbocycles. The van der Waals surface area contributed by atoms with Gasteiger partial charge in [0.05, 0.1) is 23.7 Å². The molecule has 1 heterocycles. The van der Waals surface area contributed by atoms with Crippen molar-refractivity contribution >= 4 is 11.7 Å². The molecular weight excluding hydrogens is 543 g/mol. The van der Waals surface area contributed by atoms with Gasteiger partial charge in [-0.2, -0.15) is 26.3 Å². The number of carbonyl (C=O) groups is 1. The molecule has 3 aromatic carbocycles. The summed E-state index contributed by atoms with van der Waals surface area (Å²) in [6, 6.07) is 7.17. The smallest absolute Gasteiger partial charge is 0.416 e. The van der Waals surface area contributed by atoms with E-state index in [2.05, 4.69) is 6.58 Å². The highest BCUT2D eigenvalue weighted by molar-refractivity contribution is 5.79. The van der Waals surface area contributed by atoms with Crippen molar-refractivity contribution in [1.29, 1.82) is 0 Å². The number of cyclic esters (lactones) is 1. The second-order valence-corrected chi connectivity index (χ2v) is 9.80. The van der Waals surface area contributed by atoms with Crippen LogP contribution in [0.4, 0.5) is 35.5 Å². The SMILES string of the molecule is C=C(C)c1cc(-c2ccc(C(F)(F)F)cc2CN2C(=O)O[C@H](c3cc(C)cc(C(F)(F)F)c3)[C@@H]2C)c(O)cc1F. The molecule has 4 rings (SSSR count). The second kappa shape index (κ2) is 10.2. The van der Waals surface area contributed by atoms with Crippen LogP contribution in [0.1, 0.15) is 53.3 Å². The number of nitrogens with zero attached hydrogens (tertiary/aromatic N) is 1. The van der Waals surface area contributed by atoms with Crippen LogP contribution in [0.2, 0.25) is 0 Å². The number of allylic oxidation sites excluding steroid dienone is 1. The van der Waals surface area contributed by atoms with Gasteiger partial charge in [-0.15, -0.1) is 0 Å². The zero-order valence-electron chi connectivity index (χ0n) is 21.5. The maximum absolute atomic E-state index is 14.4. The zero-order valence-corrected chi connectivity index (χ0v) is 21.5. The van der Waals surface area contributed by atoms with Gasteiger partial charge in [-0.1, -0.05) is 24.3 Å². The third-order valence-corrected chi connectivity index (χ3v) is 6.76. The Hall–Kier alpha value is -4.02. The number of aryl methyl sites for hydroxylation is 1. The molecule has 0 aromatic heterocycles. The molecule has 0 bridgehead atoms. The van der Waals surface area contributed by atoms with E-state index in [0.29, 0.717) is 5.57 Å². The molecule has 40 heavy (non-hydrogen) atoms. The number of alkyl halides is 6. The van der Waals surface area contributed by atoms with E-state index in [1.165, 1.54) is 32.9 Å². The van der Waals surface area contributed by atoms with Crippen molar-refractivity contribution in [3.8, 4) is 16.9 Å². The highest BCUT2D eigenvalue weighted by atomic mass is 19.4. The predicted molar refractivity (Wildman–Crippen MR) is 134 cm³/mol. The summed E-state index contributed by atoms with van der Waals surface area (Å²) in [5.74, 6) is -1.32. The largest absolute Gasteiger partial charge is 0.507 e.